The molecule has 0 aliphatic heterocycles. The van der Waals surface area contributed by atoms with Gasteiger partial charge in [-0.15, -0.1) is 0 Å². The monoisotopic (exact) mass is 158 g/mol. The van der Waals surface area contributed by atoms with Crippen molar-refractivity contribution in [3.8, 4) is 0 Å². The first-order valence-corrected chi connectivity index (χ1v) is 4.63. The summed E-state index contributed by atoms with van der Waals surface area (Å²) in [5.41, 5.74) is 4.44. The quantitative estimate of drug-likeness (QED) is 0.587. The Hall–Kier alpha value is -1.04. The maximum absolute atomic E-state index is 2.28. The van der Waals surface area contributed by atoms with Gasteiger partial charge in [-0.3, -0.25) is 0 Å². The number of aryl methyl sites for hydroxylation is 1. The third-order valence-electron chi connectivity index (χ3n) is 2.65. The second-order valence-electron chi connectivity index (χ2n) is 3.42. The van der Waals surface area contributed by atoms with Gasteiger partial charge >= 0.3 is 0 Å². The van der Waals surface area contributed by atoms with Gasteiger partial charge in [0.25, 0.3) is 0 Å². The molecule has 0 nitrogen and oxygen atoms in total. The number of hydrogen-bond acceptors (Lipinski definition) is 0. The molecule has 1 aliphatic rings. The lowest BCUT2D eigenvalue weighted by atomic mass is 9.98. The van der Waals surface area contributed by atoms with Crippen LogP contribution in [0.1, 0.15) is 36.5 Å². The smallest absolute Gasteiger partial charge is 0.000107 e. The lowest BCUT2D eigenvalue weighted by Gasteiger charge is -2.07. The zero-order valence-corrected chi connectivity index (χ0v) is 7.67. The van der Waals surface area contributed by atoms with Gasteiger partial charge in [0.2, 0.25) is 0 Å². The van der Waals surface area contributed by atoms with Gasteiger partial charge in [0.15, 0.2) is 0 Å². The summed E-state index contributed by atoms with van der Waals surface area (Å²) in [6.07, 6.45) is 5.68. The zero-order valence-electron chi connectivity index (χ0n) is 7.67. The summed E-state index contributed by atoms with van der Waals surface area (Å²) < 4.78 is 0. The fourth-order valence-corrected chi connectivity index (χ4v) is 1.89. The summed E-state index contributed by atoms with van der Waals surface area (Å²) in [4.78, 5) is 0. The van der Waals surface area contributed by atoms with E-state index in [9.17, 15) is 0 Å². The van der Waals surface area contributed by atoms with Crippen LogP contribution in [0, 0.1) is 0 Å². The highest BCUT2D eigenvalue weighted by Crippen LogP contribution is 2.31. The Morgan fingerprint density at radius 2 is 2.17 bits per heavy atom. The molecule has 0 heteroatoms. The molecular formula is C12H14. The average molecular weight is 158 g/mol. The number of benzene rings is 1. The largest absolute Gasteiger partial charge is 0.0767 e. The molecule has 0 fully saturated rings. The van der Waals surface area contributed by atoms with Crippen LogP contribution < -0.4 is 0 Å². The van der Waals surface area contributed by atoms with E-state index in [1.54, 1.807) is 0 Å². The number of rotatable bonds is 1. The minimum Gasteiger partial charge on any atom is -0.0767 e. The van der Waals surface area contributed by atoms with E-state index < -0.39 is 0 Å². The Bertz CT molecular complexity index is 321. The Morgan fingerprint density at radius 1 is 1.33 bits per heavy atom. The van der Waals surface area contributed by atoms with Crippen molar-refractivity contribution in [2.45, 2.75) is 26.2 Å². The van der Waals surface area contributed by atoms with Gasteiger partial charge in [-0.2, -0.15) is 0 Å². The summed E-state index contributed by atoms with van der Waals surface area (Å²) >= 11 is 0. The van der Waals surface area contributed by atoms with Gasteiger partial charge in [0.1, 0.15) is 0 Å². The molecule has 1 aromatic rings. The van der Waals surface area contributed by atoms with Crippen molar-refractivity contribution < 1.29 is 0 Å². The van der Waals surface area contributed by atoms with Crippen LogP contribution in [0.5, 0.6) is 0 Å². The number of fused-ring (bicyclic) bond motifs is 1. The molecule has 12 heavy (non-hydrogen) atoms. The van der Waals surface area contributed by atoms with E-state index in [0.29, 0.717) is 5.92 Å². The minimum absolute atomic E-state index is 0.617. The Balaban J connectivity index is 2.57. The number of allylic oxidation sites excluding steroid dienone is 1. The maximum atomic E-state index is 2.28. The van der Waals surface area contributed by atoms with Crippen LogP contribution in [0.25, 0.3) is 6.08 Å². The van der Waals surface area contributed by atoms with Gasteiger partial charge in [-0.05, 0) is 29.0 Å². The standard InChI is InChI=1S/C12H14/c1-3-10-5-4-6-11-9(2)7-8-12(10)11/h4-9H,3H2,1-2H3. The van der Waals surface area contributed by atoms with E-state index in [-0.39, 0.29) is 0 Å². The molecule has 1 unspecified atom stereocenters. The highest BCUT2D eigenvalue weighted by atomic mass is 14.2. The third-order valence-corrected chi connectivity index (χ3v) is 2.65. The highest BCUT2D eigenvalue weighted by Gasteiger charge is 2.13. The third kappa shape index (κ3) is 0.989. The first kappa shape index (κ1) is 7.60. The molecule has 0 N–H and O–H groups in total. The van der Waals surface area contributed by atoms with Crippen molar-refractivity contribution in [1.82, 2.24) is 0 Å². The van der Waals surface area contributed by atoms with Crippen molar-refractivity contribution in [2.24, 2.45) is 0 Å². The summed E-state index contributed by atoms with van der Waals surface area (Å²) in [7, 11) is 0. The van der Waals surface area contributed by atoms with Crippen molar-refractivity contribution in [3.63, 3.8) is 0 Å². The second kappa shape index (κ2) is 2.78. The molecule has 1 atom stereocenters. The fourth-order valence-electron chi connectivity index (χ4n) is 1.89. The van der Waals surface area contributed by atoms with E-state index in [0.717, 1.165) is 6.42 Å². The average Bonchev–Trinajstić information content (AvgIpc) is 2.48. The van der Waals surface area contributed by atoms with E-state index in [4.69, 9.17) is 0 Å². The molecule has 0 amide bonds. The molecule has 2 rings (SSSR count). The lowest BCUT2D eigenvalue weighted by Crippen LogP contribution is -1.91. The zero-order chi connectivity index (χ0) is 8.55. The van der Waals surface area contributed by atoms with Crippen LogP contribution in [0.3, 0.4) is 0 Å². The van der Waals surface area contributed by atoms with Crippen molar-refractivity contribution in [2.75, 3.05) is 0 Å². The Labute approximate surface area is 73.9 Å². The normalized spacial score (nSPS) is 19.7. The van der Waals surface area contributed by atoms with E-state index in [1.165, 1.54) is 16.7 Å². The molecule has 0 bridgehead atoms. The molecule has 0 heterocycles. The first-order valence-electron chi connectivity index (χ1n) is 4.63. The minimum atomic E-state index is 0.617. The van der Waals surface area contributed by atoms with Crippen molar-refractivity contribution >= 4 is 6.08 Å². The fraction of sp³-hybridized carbons (Fsp3) is 0.333. The van der Waals surface area contributed by atoms with E-state index in [2.05, 4.69) is 44.2 Å². The van der Waals surface area contributed by atoms with Crippen LogP contribution >= 0.6 is 0 Å². The van der Waals surface area contributed by atoms with Gasteiger partial charge in [0.05, 0.1) is 0 Å². The van der Waals surface area contributed by atoms with Crippen molar-refractivity contribution in [1.29, 1.82) is 0 Å². The van der Waals surface area contributed by atoms with E-state index >= 15 is 0 Å². The van der Waals surface area contributed by atoms with Gasteiger partial charge in [-0.25, -0.2) is 0 Å². The molecular weight excluding hydrogens is 144 g/mol. The van der Waals surface area contributed by atoms with Gasteiger partial charge in [-0.1, -0.05) is 44.2 Å². The molecule has 0 saturated carbocycles. The van der Waals surface area contributed by atoms with Crippen LogP contribution in [0.2, 0.25) is 0 Å². The summed E-state index contributed by atoms with van der Waals surface area (Å²) in [6.45, 7) is 4.47. The second-order valence-corrected chi connectivity index (χ2v) is 3.42. The SMILES string of the molecule is CCc1cccc2c1C=CC2C. The summed E-state index contributed by atoms with van der Waals surface area (Å²) in [5.74, 6) is 0.617. The molecule has 1 aromatic carbocycles. The molecule has 62 valence electrons. The molecule has 1 aliphatic carbocycles. The molecule has 0 aromatic heterocycles. The highest BCUT2D eigenvalue weighted by molar-refractivity contribution is 5.65. The van der Waals surface area contributed by atoms with Crippen LogP contribution in [0.15, 0.2) is 24.3 Å². The Kier molecular flexibility index (Phi) is 1.76. The predicted molar refractivity (Wildman–Crippen MR) is 53.3 cm³/mol. The predicted octanol–water partition coefficient (Wildman–Crippen LogP) is 3.38. The first-order chi connectivity index (χ1) is 5.83. The van der Waals surface area contributed by atoms with Crippen LogP contribution in [-0.4, -0.2) is 0 Å². The van der Waals surface area contributed by atoms with Gasteiger partial charge in [0, 0.05) is 0 Å². The van der Waals surface area contributed by atoms with Crippen LogP contribution in [0.4, 0.5) is 0 Å². The molecule has 0 radical (unpaired) electrons. The van der Waals surface area contributed by atoms with Gasteiger partial charge < -0.3 is 0 Å². The lowest BCUT2D eigenvalue weighted by molar-refractivity contribution is 0.981. The summed E-state index contributed by atoms with van der Waals surface area (Å²) in [6, 6.07) is 6.63. The number of hydrogen-bond donors (Lipinski definition) is 0. The molecule has 0 spiro atoms. The van der Waals surface area contributed by atoms with Crippen molar-refractivity contribution in [3.05, 3.63) is 41.0 Å². The van der Waals surface area contributed by atoms with Crippen LogP contribution in [-0.2, 0) is 6.42 Å². The maximum Gasteiger partial charge on any atom is -0.000107 e. The summed E-state index contributed by atoms with van der Waals surface area (Å²) in [5, 5.41) is 0. The van der Waals surface area contributed by atoms with E-state index in [1.807, 2.05) is 0 Å². The molecule has 0 saturated heterocycles. The Morgan fingerprint density at radius 3 is 2.92 bits per heavy atom. The topological polar surface area (TPSA) is 0 Å².